The number of carbonyl (C=O) groups is 1. The van der Waals surface area contributed by atoms with Gasteiger partial charge in [0.05, 0.1) is 6.04 Å². The lowest BCUT2D eigenvalue weighted by atomic mass is 10.1. The fraction of sp³-hybridized carbons (Fsp3) is 0.917. The van der Waals surface area contributed by atoms with Crippen molar-refractivity contribution in [2.24, 2.45) is 5.73 Å². The molecule has 0 fully saturated rings. The Hall–Kier alpha value is -0.570. The third-order valence-corrected chi connectivity index (χ3v) is 2.66. The van der Waals surface area contributed by atoms with Crippen molar-refractivity contribution in [3.63, 3.8) is 0 Å². The molecular weight excluding hydrogens is 188 g/mol. The predicted octanol–water partition coefficient (Wildman–Crippen LogP) is 2.20. The largest absolute Gasteiger partial charge is 0.368 e. The second-order valence-electron chi connectivity index (χ2n) is 4.20. The topological polar surface area (TPSA) is 55.1 Å². The van der Waals surface area contributed by atoms with Crippen molar-refractivity contribution in [1.82, 2.24) is 5.32 Å². The lowest BCUT2D eigenvalue weighted by Crippen LogP contribution is -2.39. The zero-order valence-electron chi connectivity index (χ0n) is 10.2. The summed E-state index contributed by atoms with van der Waals surface area (Å²) in [6.45, 7) is 4.94. The zero-order chi connectivity index (χ0) is 11.5. The van der Waals surface area contributed by atoms with Crippen LogP contribution in [0.25, 0.3) is 0 Å². The van der Waals surface area contributed by atoms with Crippen LogP contribution in [0, 0.1) is 0 Å². The minimum absolute atomic E-state index is 0.190. The normalized spacial score (nSPS) is 12.7. The molecule has 0 aromatic carbocycles. The van der Waals surface area contributed by atoms with E-state index < -0.39 is 0 Å². The zero-order valence-corrected chi connectivity index (χ0v) is 10.2. The maximum atomic E-state index is 10.7. The molecule has 0 spiro atoms. The number of hydrogen-bond acceptors (Lipinski definition) is 2. The van der Waals surface area contributed by atoms with Gasteiger partial charge in [-0.25, -0.2) is 0 Å². The molecule has 0 heterocycles. The molecule has 1 amide bonds. The van der Waals surface area contributed by atoms with Crippen LogP contribution in [0.1, 0.15) is 58.8 Å². The van der Waals surface area contributed by atoms with Crippen LogP contribution >= 0.6 is 0 Å². The number of nitrogens with two attached hydrogens (primary N) is 1. The highest BCUT2D eigenvalue weighted by Gasteiger charge is 2.05. The Kier molecular flexibility index (Phi) is 9.59. The first kappa shape index (κ1) is 14.4. The predicted molar refractivity (Wildman–Crippen MR) is 64.7 cm³/mol. The van der Waals surface area contributed by atoms with E-state index >= 15 is 0 Å². The van der Waals surface area contributed by atoms with Crippen LogP contribution < -0.4 is 11.1 Å². The van der Waals surface area contributed by atoms with Crippen molar-refractivity contribution < 1.29 is 4.79 Å². The summed E-state index contributed by atoms with van der Waals surface area (Å²) in [5.41, 5.74) is 5.13. The molecule has 0 aromatic heterocycles. The summed E-state index contributed by atoms with van der Waals surface area (Å²) in [4.78, 5) is 10.7. The molecule has 3 heteroatoms. The maximum Gasteiger partial charge on any atom is 0.234 e. The first-order valence-electron chi connectivity index (χ1n) is 6.21. The Bertz CT molecular complexity index is 160. The maximum absolute atomic E-state index is 10.7. The molecule has 0 rings (SSSR count). The fourth-order valence-electron chi connectivity index (χ4n) is 1.50. The van der Waals surface area contributed by atoms with Crippen LogP contribution in [-0.4, -0.2) is 18.5 Å². The number of carbonyl (C=O) groups excluding carboxylic acids is 1. The molecule has 0 saturated heterocycles. The van der Waals surface area contributed by atoms with Gasteiger partial charge in [-0.2, -0.15) is 0 Å². The van der Waals surface area contributed by atoms with Gasteiger partial charge in [0.2, 0.25) is 5.91 Å². The van der Waals surface area contributed by atoms with Crippen LogP contribution in [0.15, 0.2) is 0 Å². The summed E-state index contributed by atoms with van der Waals surface area (Å²) < 4.78 is 0. The lowest BCUT2D eigenvalue weighted by Gasteiger charge is -2.09. The average molecular weight is 214 g/mol. The minimum Gasteiger partial charge on any atom is -0.368 e. The molecule has 1 unspecified atom stereocenters. The Balaban J connectivity index is 3.08. The molecule has 0 saturated carbocycles. The average Bonchev–Trinajstić information content (AvgIpc) is 2.21. The molecule has 0 bridgehead atoms. The van der Waals surface area contributed by atoms with Crippen molar-refractivity contribution >= 4 is 5.91 Å². The summed E-state index contributed by atoms with van der Waals surface area (Å²) in [7, 11) is 0. The van der Waals surface area contributed by atoms with E-state index in [1.165, 1.54) is 38.5 Å². The lowest BCUT2D eigenvalue weighted by molar-refractivity contribution is -0.119. The Labute approximate surface area is 93.8 Å². The second-order valence-corrected chi connectivity index (χ2v) is 4.20. The molecule has 0 aliphatic carbocycles. The Morgan fingerprint density at radius 1 is 1.13 bits per heavy atom. The molecule has 0 aliphatic heterocycles. The van der Waals surface area contributed by atoms with Crippen molar-refractivity contribution in [3.8, 4) is 0 Å². The summed E-state index contributed by atoms with van der Waals surface area (Å²) >= 11 is 0. The van der Waals surface area contributed by atoms with Crippen LogP contribution in [0.4, 0.5) is 0 Å². The van der Waals surface area contributed by atoms with Gasteiger partial charge in [-0.3, -0.25) is 4.79 Å². The fourth-order valence-corrected chi connectivity index (χ4v) is 1.50. The molecule has 3 nitrogen and oxygen atoms in total. The third-order valence-electron chi connectivity index (χ3n) is 2.66. The quantitative estimate of drug-likeness (QED) is 0.548. The summed E-state index contributed by atoms with van der Waals surface area (Å²) in [5.74, 6) is -0.266. The van der Waals surface area contributed by atoms with E-state index in [1.54, 1.807) is 0 Å². The first-order valence-corrected chi connectivity index (χ1v) is 6.21. The monoisotopic (exact) mass is 214 g/mol. The molecule has 1 atom stereocenters. The van der Waals surface area contributed by atoms with Gasteiger partial charge < -0.3 is 11.1 Å². The standard InChI is InChI=1S/C12H26N2O/c1-3-4-5-6-7-8-9-10-14-11(2)12(13)15/h11,14H,3-10H2,1-2H3,(H2,13,15). The summed E-state index contributed by atoms with van der Waals surface area (Å²) in [5, 5.41) is 3.11. The second kappa shape index (κ2) is 9.97. The number of unbranched alkanes of at least 4 members (excludes halogenated alkanes) is 6. The molecule has 90 valence electrons. The van der Waals surface area contributed by atoms with Crippen molar-refractivity contribution in [2.45, 2.75) is 64.8 Å². The van der Waals surface area contributed by atoms with Gasteiger partial charge in [-0.05, 0) is 19.9 Å². The van der Waals surface area contributed by atoms with Crippen molar-refractivity contribution in [1.29, 1.82) is 0 Å². The molecule has 0 aromatic rings. The van der Waals surface area contributed by atoms with Gasteiger partial charge in [0.15, 0.2) is 0 Å². The van der Waals surface area contributed by atoms with Gasteiger partial charge in [0.25, 0.3) is 0 Å². The van der Waals surface area contributed by atoms with Crippen molar-refractivity contribution in [3.05, 3.63) is 0 Å². The van der Waals surface area contributed by atoms with E-state index in [0.29, 0.717) is 0 Å². The van der Waals surface area contributed by atoms with E-state index in [0.717, 1.165) is 13.0 Å². The molecular formula is C12H26N2O. The van der Waals surface area contributed by atoms with E-state index in [2.05, 4.69) is 12.2 Å². The highest BCUT2D eigenvalue weighted by molar-refractivity contribution is 5.79. The van der Waals surface area contributed by atoms with Gasteiger partial charge in [0, 0.05) is 0 Å². The Morgan fingerprint density at radius 3 is 2.20 bits per heavy atom. The molecule has 3 N–H and O–H groups in total. The SMILES string of the molecule is CCCCCCCCCNC(C)C(N)=O. The number of hydrogen-bond donors (Lipinski definition) is 2. The third kappa shape index (κ3) is 9.73. The van der Waals surface area contributed by atoms with E-state index in [-0.39, 0.29) is 11.9 Å². The van der Waals surface area contributed by atoms with Gasteiger partial charge in [-0.15, -0.1) is 0 Å². The van der Waals surface area contributed by atoms with Gasteiger partial charge >= 0.3 is 0 Å². The molecule has 0 aliphatic rings. The minimum atomic E-state index is -0.266. The number of rotatable bonds is 10. The molecule has 15 heavy (non-hydrogen) atoms. The number of amides is 1. The van der Waals surface area contributed by atoms with Crippen LogP contribution in [0.3, 0.4) is 0 Å². The highest BCUT2D eigenvalue weighted by atomic mass is 16.1. The summed E-state index contributed by atoms with van der Waals surface area (Å²) in [6, 6.07) is -0.190. The first-order chi connectivity index (χ1) is 7.18. The summed E-state index contributed by atoms with van der Waals surface area (Å²) in [6.07, 6.45) is 9.08. The van der Waals surface area contributed by atoms with Crippen molar-refractivity contribution in [2.75, 3.05) is 6.54 Å². The van der Waals surface area contributed by atoms with Crippen LogP contribution in [-0.2, 0) is 4.79 Å². The molecule has 0 radical (unpaired) electrons. The van der Waals surface area contributed by atoms with Gasteiger partial charge in [-0.1, -0.05) is 45.4 Å². The van der Waals surface area contributed by atoms with Gasteiger partial charge in [0.1, 0.15) is 0 Å². The smallest absolute Gasteiger partial charge is 0.234 e. The highest BCUT2D eigenvalue weighted by Crippen LogP contribution is 2.06. The van der Waals surface area contributed by atoms with E-state index in [4.69, 9.17) is 5.73 Å². The van der Waals surface area contributed by atoms with Crippen LogP contribution in [0.2, 0.25) is 0 Å². The van der Waals surface area contributed by atoms with Crippen LogP contribution in [0.5, 0.6) is 0 Å². The number of nitrogens with one attached hydrogen (secondary N) is 1. The number of primary amides is 1. The Morgan fingerprint density at radius 2 is 1.67 bits per heavy atom. The van der Waals surface area contributed by atoms with E-state index in [9.17, 15) is 4.79 Å². The van der Waals surface area contributed by atoms with E-state index in [1.807, 2.05) is 6.92 Å².